The van der Waals surface area contributed by atoms with Gasteiger partial charge in [-0.1, -0.05) is 23.4 Å². The highest BCUT2D eigenvalue weighted by molar-refractivity contribution is 5.80. The summed E-state index contributed by atoms with van der Waals surface area (Å²) in [7, 11) is 0. The van der Waals surface area contributed by atoms with Crippen LogP contribution in [0.25, 0.3) is 0 Å². The van der Waals surface area contributed by atoms with Crippen LogP contribution in [0.15, 0.2) is 33.8 Å². The normalized spacial score (nSPS) is 16.3. The zero-order chi connectivity index (χ0) is 20.9. The molecule has 1 fully saturated rings. The van der Waals surface area contributed by atoms with Crippen molar-refractivity contribution in [3.8, 4) is 0 Å². The molecule has 0 bridgehead atoms. The maximum absolute atomic E-state index is 12.9. The van der Waals surface area contributed by atoms with Gasteiger partial charge in [0, 0.05) is 46.2 Å². The third kappa shape index (κ3) is 5.93. The summed E-state index contributed by atoms with van der Waals surface area (Å²) in [4.78, 5) is 13.0. The molecule has 1 N–H and O–H groups in total. The van der Waals surface area contributed by atoms with E-state index in [0.29, 0.717) is 30.4 Å². The van der Waals surface area contributed by atoms with Gasteiger partial charge in [-0.2, -0.15) is 18.2 Å². The number of guanidine groups is 1. The summed E-state index contributed by atoms with van der Waals surface area (Å²) in [6.07, 6.45) is -4.32. The lowest BCUT2D eigenvalue weighted by molar-refractivity contribution is -0.137. The molecular weight excluding hydrogens is 385 g/mol. The second kappa shape index (κ2) is 9.25. The van der Waals surface area contributed by atoms with Crippen LogP contribution in [0.4, 0.5) is 13.2 Å². The van der Waals surface area contributed by atoms with E-state index in [0.717, 1.165) is 44.7 Å². The zero-order valence-electron chi connectivity index (χ0n) is 16.5. The number of halogens is 3. The van der Waals surface area contributed by atoms with Gasteiger partial charge < -0.3 is 14.7 Å². The Morgan fingerprint density at radius 2 is 2.00 bits per heavy atom. The standard InChI is InChI=1S/C19H25F3N6O/c1-3-23-18(24-12-17-25-14(2)29-26-17)28-9-7-27(8-10-28)13-15-5-4-6-16(11-15)19(20,21)22/h4-6,11H,3,7-10,12-13H2,1-2H3,(H,23,24). The summed E-state index contributed by atoms with van der Waals surface area (Å²) in [5.41, 5.74) is 0.0632. The summed E-state index contributed by atoms with van der Waals surface area (Å²) in [5.74, 6) is 1.80. The van der Waals surface area contributed by atoms with Gasteiger partial charge in [-0.25, -0.2) is 4.99 Å². The molecule has 1 saturated heterocycles. The summed E-state index contributed by atoms with van der Waals surface area (Å²) in [5, 5.41) is 7.11. The smallest absolute Gasteiger partial charge is 0.357 e. The van der Waals surface area contributed by atoms with Crippen molar-refractivity contribution in [1.82, 2.24) is 25.3 Å². The number of benzene rings is 1. The number of aliphatic imine (C=N–C) groups is 1. The molecule has 1 aliphatic rings. The number of alkyl halides is 3. The monoisotopic (exact) mass is 410 g/mol. The Morgan fingerprint density at radius 1 is 1.24 bits per heavy atom. The molecule has 0 spiro atoms. The lowest BCUT2D eigenvalue weighted by Gasteiger charge is -2.36. The molecule has 158 valence electrons. The fourth-order valence-corrected chi connectivity index (χ4v) is 3.20. The van der Waals surface area contributed by atoms with Gasteiger partial charge >= 0.3 is 6.18 Å². The summed E-state index contributed by atoms with van der Waals surface area (Å²) >= 11 is 0. The SMILES string of the molecule is CCNC(=NCc1noc(C)n1)N1CCN(Cc2cccc(C(F)(F)F)c2)CC1. The van der Waals surface area contributed by atoms with Crippen LogP contribution in [-0.2, 0) is 19.3 Å². The van der Waals surface area contributed by atoms with Crippen molar-refractivity contribution in [1.29, 1.82) is 0 Å². The van der Waals surface area contributed by atoms with Gasteiger partial charge in [0.15, 0.2) is 11.8 Å². The molecule has 0 atom stereocenters. The Morgan fingerprint density at radius 3 is 2.62 bits per heavy atom. The first kappa shape index (κ1) is 21.1. The molecule has 0 aliphatic carbocycles. The lowest BCUT2D eigenvalue weighted by atomic mass is 10.1. The number of rotatable bonds is 5. The van der Waals surface area contributed by atoms with E-state index in [9.17, 15) is 13.2 Å². The average Bonchev–Trinajstić information content (AvgIpc) is 3.11. The molecule has 1 aromatic carbocycles. The molecule has 29 heavy (non-hydrogen) atoms. The Hall–Kier alpha value is -2.62. The Labute approximate surface area is 167 Å². The molecule has 1 aromatic heterocycles. The number of aryl methyl sites for hydroxylation is 1. The second-order valence-electron chi connectivity index (χ2n) is 6.86. The van der Waals surface area contributed by atoms with Crippen molar-refractivity contribution >= 4 is 5.96 Å². The molecule has 3 rings (SSSR count). The molecule has 2 aromatic rings. The molecule has 2 heterocycles. The predicted molar refractivity (Wildman–Crippen MR) is 102 cm³/mol. The fourth-order valence-electron chi connectivity index (χ4n) is 3.20. The Kier molecular flexibility index (Phi) is 6.73. The van der Waals surface area contributed by atoms with Gasteiger partial charge in [0.2, 0.25) is 5.89 Å². The van der Waals surface area contributed by atoms with Gasteiger partial charge in [-0.3, -0.25) is 4.90 Å². The molecule has 1 aliphatic heterocycles. The number of aromatic nitrogens is 2. The minimum Gasteiger partial charge on any atom is -0.357 e. The van der Waals surface area contributed by atoms with E-state index >= 15 is 0 Å². The maximum Gasteiger partial charge on any atom is 0.416 e. The predicted octanol–water partition coefficient (Wildman–Crippen LogP) is 2.68. The third-order valence-electron chi connectivity index (χ3n) is 4.61. The minimum atomic E-state index is -4.32. The average molecular weight is 410 g/mol. The fraction of sp³-hybridized carbons (Fsp3) is 0.526. The number of hydrogen-bond donors (Lipinski definition) is 1. The van der Waals surface area contributed by atoms with Gasteiger partial charge in [0.1, 0.15) is 6.54 Å². The lowest BCUT2D eigenvalue weighted by Crippen LogP contribution is -2.52. The van der Waals surface area contributed by atoms with Crippen molar-refractivity contribution in [2.24, 2.45) is 4.99 Å². The van der Waals surface area contributed by atoms with E-state index in [1.54, 1.807) is 13.0 Å². The van der Waals surface area contributed by atoms with Crippen molar-refractivity contribution in [2.75, 3.05) is 32.7 Å². The number of nitrogens with zero attached hydrogens (tertiary/aromatic N) is 5. The summed E-state index contributed by atoms with van der Waals surface area (Å²) in [6.45, 7) is 8.22. The first-order chi connectivity index (χ1) is 13.8. The van der Waals surface area contributed by atoms with Gasteiger partial charge in [0.25, 0.3) is 0 Å². The van der Waals surface area contributed by atoms with Crippen molar-refractivity contribution < 1.29 is 17.7 Å². The quantitative estimate of drug-likeness (QED) is 0.604. The van der Waals surface area contributed by atoms with E-state index in [4.69, 9.17) is 4.52 Å². The highest BCUT2D eigenvalue weighted by Crippen LogP contribution is 2.29. The molecule has 0 unspecified atom stereocenters. The number of hydrogen-bond acceptors (Lipinski definition) is 5. The van der Waals surface area contributed by atoms with Crippen LogP contribution in [0, 0.1) is 6.92 Å². The number of piperazine rings is 1. The van der Waals surface area contributed by atoms with Crippen LogP contribution in [0.1, 0.15) is 29.8 Å². The third-order valence-corrected chi connectivity index (χ3v) is 4.61. The first-order valence-electron chi connectivity index (χ1n) is 9.56. The molecule has 7 nitrogen and oxygen atoms in total. The molecule has 0 radical (unpaired) electrons. The van der Waals surface area contributed by atoms with Crippen molar-refractivity contribution in [3.05, 3.63) is 47.1 Å². The topological polar surface area (TPSA) is 69.8 Å². The highest BCUT2D eigenvalue weighted by Gasteiger charge is 2.30. The van der Waals surface area contributed by atoms with Crippen molar-refractivity contribution in [3.63, 3.8) is 0 Å². The largest absolute Gasteiger partial charge is 0.416 e. The highest BCUT2D eigenvalue weighted by atomic mass is 19.4. The zero-order valence-corrected chi connectivity index (χ0v) is 16.5. The summed E-state index contributed by atoms with van der Waals surface area (Å²) < 4.78 is 43.7. The van der Waals surface area contributed by atoms with E-state index in [2.05, 4.69) is 30.2 Å². The minimum absolute atomic E-state index is 0.324. The van der Waals surface area contributed by atoms with E-state index in [1.807, 2.05) is 6.92 Å². The van der Waals surface area contributed by atoms with Gasteiger partial charge in [-0.15, -0.1) is 0 Å². The van der Waals surface area contributed by atoms with Crippen LogP contribution < -0.4 is 5.32 Å². The van der Waals surface area contributed by atoms with Gasteiger partial charge in [-0.05, 0) is 18.6 Å². The molecule has 0 amide bonds. The number of nitrogens with one attached hydrogen (secondary N) is 1. The van der Waals surface area contributed by atoms with Crippen LogP contribution in [0.2, 0.25) is 0 Å². The van der Waals surface area contributed by atoms with Gasteiger partial charge in [0.05, 0.1) is 5.56 Å². The Balaban J connectivity index is 1.57. The maximum atomic E-state index is 12.9. The Bertz CT molecular complexity index is 827. The molecule has 10 heteroatoms. The van der Waals surface area contributed by atoms with Crippen molar-refractivity contribution in [2.45, 2.75) is 33.1 Å². The van der Waals surface area contributed by atoms with E-state index < -0.39 is 11.7 Å². The molecule has 0 saturated carbocycles. The first-order valence-corrected chi connectivity index (χ1v) is 9.56. The van der Waals surface area contributed by atoms with Crippen LogP contribution in [0.3, 0.4) is 0 Å². The second-order valence-corrected chi connectivity index (χ2v) is 6.86. The summed E-state index contributed by atoms with van der Waals surface area (Å²) in [6, 6.07) is 5.53. The molecular formula is C19H25F3N6O. The van der Waals surface area contributed by atoms with Crippen LogP contribution >= 0.6 is 0 Å². The van der Waals surface area contributed by atoms with E-state index in [-0.39, 0.29) is 0 Å². The van der Waals surface area contributed by atoms with E-state index in [1.165, 1.54) is 12.1 Å². The van der Waals surface area contributed by atoms with Crippen LogP contribution in [0.5, 0.6) is 0 Å². The van der Waals surface area contributed by atoms with Crippen LogP contribution in [-0.4, -0.2) is 58.6 Å².